The molecule has 0 heterocycles. The molecule has 3 nitrogen and oxygen atoms in total. The minimum Gasteiger partial charge on any atom is -0.380 e. The van der Waals surface area contributed by atoms with Gasteiger partial charge in [-0.1, -0.05) is 19.8 Å². The van der Waals surface area contributed by atoms with Crippen molar-refractivity contribution in [2.75, 3.05) is 40.4 Å². The highest BCUT2D eigenvalue weighted by molar-refractivity contribution is 4.94. The van der Waals surface area contributed by atoms with Crippen molar-refractivity contribution < 1.29 is 4.74 Å². The second-order valence-corrected chi connectivity index (χ2v) is 5.12. The molecular formula is C13H28N2O. The first kappa shape index (κ1) is 13.9. The molecule has 0 aromatic heterocycles. The van der Waals surface area contributed by atoms with E-state index in [2.05, 4.69) is 31.2 Å². The SMILES string of the molecule is CCCOCCNCC1(N(C)C)CCCC1. The predicted molar refractivity (Wildman–Crippen MR) is 68.9 cm³/mol. The first-order valence-electron chi connectivity index (χ1n) is 6.67. The van der Waals surface area contributed by atoms with Crippen LogP contribution in [-0.2, 0) is 4.74 Å². The van der Waals surface area contributed by atoms with Gasteiger partial charge in [0.25, 0.3) is 0 Å². The summed E-state index contributed by atoms with van der Waals surface area (Å²) in [6.07, 6.45) is 6.55. The van der Waals surface area contributed by atoms with Crippen LogP contribution in [0.1, 0.15) is 39.0 Å². The molecule has 1 rings (SSSR count). The first-order chi connectivity index (χ1) is 7.71. The fourth-order valence-corrected chi connectivity index (χ4v) is 2.53. The third-order valence-corrected chi connectivity index (χ3v) is 3.71. The molecular weight excluding hydrogens is 200 g/mol. The summed E-state index contributed by atoms with van der Waals surface area (Å²) in [5, 5.41) is 3.54. The van der Waals surface area contributed by atoms with E-state index in [1.54, 1.807) is 0 Å². The fourth-order valence-electron chi connectivity index (χ4n) is 2.53. The molecule has 0 spiro atoms. The van der Waals surface area contributed by atoms with E-state index in [1.165, 1.54) is 25.7 Å². The summed E-state index contributed by atoms with van der Waals surface area (Å²) < 4.78 is 5.46. The zero-order valence-corrected chi connectivity index (χ0v) is 11.2. The quantitative estimate of drug-likeness (QED) is 0.642. The van der Waals surface area contributed by atoms with Gasteiger partial charge in [0.2, 0.25) is 0 Å². The molecule has 0 radical (unpaired) electrons. The van der Waals surface area contributed by atoms with E-state index in [4.69, 9.17) is 4.74 Å². The molecule has 0 aliphatic heterocycles. The van der Waals surface area contributed by atoms with Gasteiger partial charge in [-0.3, -0.25) is 0 Å². The summed E-state index contributed by atoms with van der Waals surface area (Å²) in [6.45, 7) is 5.97. The number of ether oxygens (including phenoxy) is 1. The molecule has 1 saturated carbocycles. The van der Waals surface area contributed by atoms with Crippen molar-refractivity contribution in [1.29, 1.82) is 0 Å². The Morgan fingerprint density at radius 3 is 2.44 bits per heavy atom. The molecule has 1 aliphatic rings. The van der Waals surface area contributed by atoms with Crippen LogP contribution in [0.15, 0.2) is 0 Å². The second-order valence-electron chi connectivity index (χ2n) is 5.12. The van der Waals surface area contributed by atoms with Gasteiger partial charge in [0, 0.05) is 25.2 Å². The van der Waals surface area contributed by atoms with Crippen molar-refractivity contribution in [2.24, 2.45) is 0 Å². The minimum absolute atomic E-state index is 0.407. The Bertz CT molecular complexity index is 177. The molecule has 1 N–H and O–H groups in total. The summed E-state index contributed by atoms with van der Waals surface area (Å²) in [4.78, 5) is 2.40. The smallest absolute Gasteiger partial charge is 0.0590 e. The summed E-state index contributed by atoms with van der Waals surface area (Å²) >= 11 is 0. The Hall–Kier alpha value is -0.120. The first-order valence-corrected chi connectivity index (χ1v) is 6.67. The van der Waals surface area contributed by atoms with E-state index in [0.717, 1.165) is 32.7 Å². The number of hydrogen-bond donors (Lipinski definition) is 1. The lowest BCUT2D eigenvalue weighted by Crippen LogP contribution is -2.50. The maximum atomic E-state index is 5.46. The average Bonchev–Trinajstić information content (AvgIpc) is 2.73. The largest absolute Gasteiger partial charge is 0.380 e. The molecule has 0 bridgehead atoms. The fraction of sp³-hybridized carbons (Fsp3) is 1.00. The zero-order valence-electron chi connectivity index (χ0n) is 11.2. The van der Waals surface area contributed by atoms with Crippen molar-refractivity contribution in [3.8, 4) is 0 Å². The lowest BCUT2D eigenvalue weighted by Gasteiger charge is -2.36. The van der Waals surface area contributed by atoms with Gasteiger partial charge in [0.1, 0.15) is 0 Å². The highest BCUT2D eigenvalue weighted by Gasteiger charge is 2.35. The molecule has 3 heteroatoms. The molecule has 96 valence electrons. The van der Waals surface area contributed by atoms with Crippen LogP contribution in [-0.4, -0.2) is 50.8 Å². The van der Waals surface area contributed by atoms with Gasteiger partial charge >= 0.3 is 0 Å². The van der Waals surface area contributed by atoms with Crippen LogP contribution < -0.4 is 5.32 Å². The van der Waals surface area contributed by atoms with Gasteiger partial charge < -0.3 is 15.0 Å². The van der Waals surface area contributed by atoms with Gasteiger partial charge in [-0.25, -0.2) is 0 Å². The maximum absolute atomic E-state index is 5.46. The Morgan fingerprint density at radius 2 is 1.88 bits per heavy atom. The normalized spacial score (nSPS) is 19.5. The number of likely N-dealkylation sites (N-methyl/N-ethyl adjacent to an activating group) is 1. The van der Waals surface area contributed by atoms with Crippen molar-refractivity contribution in [3.05, 3.63) is 0 Å². The standard InChI is InChI=1S/C13H28N2O/c1-4-10-16-11-9-14-12-13(15(2)3)7-5-6-8-13/h14H,4-12H2,1-3H3. The van der Waals surface area contributed by atoms with Crippen LogP contribution in [0.2, 0.25) is 0 Å². The highest BCUT2D eigenvalue weighted by Crippen LogP contribution is 2.32. The molecule has 0 unspecified atom stereocenters. The third kappa shape index (κ3) is 4.04. The summed E-state index contributed by atoms with van der Waals surface area (Å²) in [5.41, 5.74) is 0.407. The van der Waals surface area contributed by atoms with Crippen LogP contribution in [0.3, 0.4) is 0 Å². The molecule has 16 heavy (non-hydrogen) atoms. The lowest BCUT2D eigenvalue weighted by atomic mass is 9.96. The summed E-state index contributed by atoms with van der Waals surface area (Å²) in [6, 6.07) is 0. The third-order valence-electron chi connectivity index (χ3n) is 3.71. The molecule has 0 aromatic carbocycles. The van der Waals surface area contributed by atoms with Crippen LogP contribution in [0.4, 0.5) is 0 Å². The minimum atomic E-state index is 0.407. The lowest BCUT2D eigenvalue weighted by molar-refractivity contribution is 0.122. The molecule has 1 aliphatic carbocycles. The molecule has 0 atom stereocenters. The molecule has 0 aromatic rings. The van der Waals surface area contributed by atoms with Crippen LogP contribution in [0, 0.1) is 0 Å². The van der Waals surface area contributed by atoms with Gasteiger partial charge in [-0.15, -0.1) is 0 Å². The van der Waals surface area contributed by atoms with Crippen molar-refractivity contribution in [2.45, 2.75) is 44.6 Å². The van der Waals surface area contributed by atoms with Crippen molar-refractivity contribution >= 4 is 0 Å². The van der Waals surface area contributed by atoms with E-state index < -0.39 is 0 Å². The van der Waals surface area contributed by atoms with Crippen molar-refractivity contribution in [3.63, 3.8) is 0 Å². The van der Waals surface area contributed by atoms with Gasteiger partial charge in [0.05, 0.1) is 6.61 Å². The summed E-state index contributed by atoms with van der Waals surface area (Å²) in [7, 11) is 4.42. The number of hydrogen-bond acceptors (Lipinski definition) is 3. The Labute approximate surface area is 101 Å². The molecule has 0 saturated heterocycles. The van der Waals surface area contributed by atoms with E-state index in [0.29, 0.717) is 5.54 Å². The second kappa shape index (κ2) is 7.25. The Balaban J connectivity index is 2.14. The van der Waals surface area contributed by atoms with E-state index >= 15 is 0 Å². The van der Waals surface area contributed by atoms with Crippen LogP contribution in [0.5, 0.6) is 0 Å². The molecule has 0 amide bonds. The number of rotatable bonds is 8. The number of nitrogens with one attached hydrogen (secondary N) is 1. The Morgan fingerprint density at radius 1 is 1.19 bits per heavy atom. The monoisotopic (exact) mass is 228 g/mol. The Kier molecular flexibility index (Phi) is 6.32. The van der Waals surface area contributed by atoms with E-state index in [1.807, 2.05) is 0 Å². The van der Waals surface area contributed by atoms with Crippen LogP contribution >= 0.6 is 0 Å². The average molecular weight is 228 g/mol. The van der Waals surface area contributed by atoms with Gasteiger partial charge in [-0.05, 0) is 33.4 Å². The van der Waals surface area contributed by atoms with E-state index in [-0.39, 0.29) is 0 Å². The van der Waals surface area contributed by atoms with Crippen LogP contribution in [0.25, 0.3) is 0 Å². The van der Waals surface area contributed by atoms with Gasteiger partial charge in [-0.2, -0.15) is 0 Å². The predicted octanol–water partition coefficient (Wildman–Crippen LogP) is 1.88. The topological polar surface area (TPSA) is 24.5 Å². The molecule has 1 fully saturated rings. The maximum Gasteiger partial charge on any atom is 0.0590 e. The van der Waals surface area contributed by atoms with Crippen molar-refractivity contribution in [1.82, 2.24) is 10.2 Å². The van der Waals surface area contributed by atoms with E-state index in [9.17, 15) is 0 Å². The number of nitrogens with zero attached hydrogens (tertiary/aromatic N) is 1. The zero-order chi connectivity index (χ0) is 11.9. The van der Waals surface area contributed by atoms with Gasteiger partial charge in [0.15, 0.2) is 0 Å². The highest BCUT2D eigenvalue weighted by atomic mass is 16.5. The summed E-state index contributed by atoms with van der Waals surface area (Å²) in [5.74, 6) is 0.